The van der Waals surface area contributed by atoms with Gasteiger partial charge in [-0.15, -0.1) is 0 Å². The third kappa shape index (κ3) is 2.16. The fourth-order valence-electron chi connectivity index (χ4n) is 0.983. The van der Waals surface area contributed by atoms with Crippen molar-refractivity contribution in [3.05, 3.63) is 29.8 Å². The molecule has 0 amide bonds. The van der Waals surface area contributed by atoms with E-state index in [-0.39, 0.29) is 4.90 Å². The zero-order chi connectivity index (χ0) is 11.0. The molecule has 14 heavy (non-hydrogen) atoms. The molecular formula is C8H7Cl3O2S. The summed E-state index contributed by atoms with van der Waals surface area (Å²) in [7, 11) is -3.91. The molecule has 0 saturated carbocycles. The Hall–Kier alpha value is 0.0400. The van der Waals surface area contributed by atoms with E-state index in [2.05, 4.69) is 0 Å². The lowest BCUT2D eigenvalue weighted by molar-refractivity contribution is 0.596. The molecule has 0 radical (unpaired) electrons. The van der Waals surface area contributed by atoms with Gasteiger partial charge in [-0.2, -0.15) is 0 Å². The van der Waals surface area contributed by atoms with Crippen molar-refractivity contribution in [2.45, 2.75) is 14.9 Å². The van der Waals surface area contributed by atoms with E-state index in [1.807, 2.05) is 0 Å². The van der Waals surface area contributed by atoms with E-state index in [9.17, 15) is 8.42 Å². The van der Waals surface area contributed by atoms with Crippen LogP contribution < -0.4 is 0 Å². The van der Waals surface area contributed by atoms with Crippen LogP contribution in [0.1, 0.15) is 5.56 Å². The number of halogens is 3. The van der Waals surface area contributed by atoms with E-state index in [0.29, 0.717) is 5.56 Å². The minimum absolute atomic E-state index is 0.0417. The van der Waals surface area contributed by atoms with Gasteiger partial charge in [0, 0.05) is 0 Å². The summed E-state index contributed by atoms with van der Waals surface area (Å²) in [6.07, 6.45) is 0. The lowest BCUT2D eigenvalue weighted by atomic mass is 10.2. The Labute approximate surface area is 97.7 Å². The molecule has 0 aliphatic carbocycles. The predicted molar refractivity (Wildman–Crippen MR) is 58.7 cm³/mol. The standard InChI is InChI=1S/C8H7Cl3O2S/c1-6-4-2-3-5-7(6)14(12,13)8(9,10)11/h2-5H,1H3. The second-order valence-electron chi connectivity index (χ2n) is 2.71. The Morgan fingerprint density at radius 1 is 1.14 bits per heavy atom. The Kier molecular flexibility index (Phi) is 3.37. The molecule has 78 valence electrons. The number of rotatable bonds is 1. The molecule has 0 heterocycles. The van der Waals surface area contributed by atoms with E-state index in [1.165, 1.54) is 6.07 Å². The van der Waals surface area contributed by atoms with E-state index in [1.54, 1.807) is 25.1 Å². The van der Waals surface area contributed by atoms with Gasteiger partial charge < -0.3 is 0 Å². The third-order valence-corrected chi connectivity index (χ3v) is 5.16. The summed E-state index contributed by atoms with van der Waals surface area (Å²) in [6, 6.07) is 6.35. The highest BCUT2D eigenvalue weighted by molar-refractivity contribution is 7.97. The number of aryl methyl sites for hydroxylation is 1. The van der Waals surface area contributed by atoms with Crippen LogP contribution in [0.25, 0.3) is 0 Å². The van der Waals surface area contributed by atoms with Crippen LogP contribution in [0.2, 0.25) is 0 Å². The highest BCUT2D eigenvalue weighted by Gasteiger charge is 2.39. The molecule has 0 unspecified atom stereocenters. The van der Waals surface area contributed by atoms with Crippen LogP contribution in [0, 0.1) is 6.92 Å². The summed E-state index contributed by atoms with van der Waals surface area (Å²) in [5.74, 6) is 0. The number of hydrogen-bond donors (Lipinski definition) is 0. The van der Waals surface area contributed by atoms with Gasteiger partial charge in [-0.25, -0.2) is 8.42 Å². The van der Waals surface area contributed by atoms with Gasteiger partial charge in [-0.3, -0.25) is 0 Å². The second-order valence-corrected chi connectivity index (χ2v) is 7.73. The maximum absolute atomic E-state index is 11.7. The largest absolute Gasteiger partial charge is 0.296 e. The Morgan fingerprint density at radius 2 is 1.64 bits per heavy atom. The molecule has 1 aromatic carbocycles. The molecule has 0 aliphatic heterocycles. The van der Waals surface area contributed by atoms with Crippen molar-refractivity contribution in [1.82, 2.24) is 0 Å². The predicted octanol–water partition coefficient (Wildman–Crippen LogP) is 3.10. The normalized spacial score (nSPS) is 12.9. The van der Waals surface area contributed by atoms with Gasteiger partial charge in [0.25, 0.3) is 3.12 Å². The second kappa shape index (κ2) is 3.89. The monoisotopic (exact) mass is 272 g/mol. The lowest BCUT2D eigenvalue weighted by Gasteiger charge is -2.13. The molecule has 0 bridgehead atoms. The summed E-state index contributed by atoms with van der Waals surface area (Å²) < 4.78 is 21.0. The van der Waals surface area contributed by atoms with Crippen LogP contribution in [-0.2, 0) is 9.84 Å². The molecule has 0 N–H and O–H groups in total. The van der Waals surface area contributed by atoms with Gasteiger partial charge in [0.05, 0.1) is 4.90 Å². The number of hydrogen-bond acceptors (Lipinski definition) is 2. The van der Waals surface area contributed by atoms with Gasteiger partial charge in [-0.05, 0) is 18.6 Å². The fourth-order valence-corrected chi connectivity index (χ4v) is 2.73. The van der Waals surface area contributed by atoms with Crippen LogP contribution in [-0.4, -0.2) is 11.5 Å². The molecular weight excluding hydrogens is 267 g/mol. The minimum atomic E-state index is -3.91. The number of benzene rings is 1. The zero-order valence-corrected chi connectivity index (χ0v) is 10.3. The van der Waals surface area contributed by atoms with E-state index in [4.69, 9.17) is 34.8 Å². The van der Waals surface area contributed by atoms with Crippen molar-refractivity contribution in [1.29, 1.82) is 0 Å². The Morgan fingerprint density at radius 3 is 2.07 bits per heavy atom. The van der Waals surface area contributed by atoms with Gasteiger partial charge in [0.2, 0.25) is 9.84 Å². The summed E-state index contributed by atoms with van der Waals surface area (Å²) in [5, 5.41) is 0. The third-order valence-electron chi connectivity index (χ3n) is 1.69. The average molecular weight is 274 g/mol. The quantitative estimate of drug-likeness (QED) is 0.737. The molecule has 0 saturated heterocycles. The SMILES string of the molecule is Cc1ccccc1S(=O)(=O)C(Cl)(Cl)Cl. The van der Waals surface area contributed by atoms with E-state index < -0.39 is 13.0 Å². The highest BCUT2D eigenvalue weighted by atomic mass is 35.6. The van der Waals surface area contributed by atoms with E-state index in [0.717, 1.165) is 0 Å². The highest BCUT2D eigenvalue weighted by Crippen LogP contribution is 2.38. The summed E-state index contributed by atoms with van der Waals surface area (Å²) >= 11 is 16.1. The van der Waals surface area contributed by atoms with Crippen molar-refractivity contribution in [2.75, 3.05) is 0 Å². The Balaban J connectivity index is 3.40. The number of sulfone groups is 1. The maximum Gasteiger partial charge on any atom is 0.296 e. The fraction of sp³-hybridized carbons (Fsp3) is 0.250. The summed E-state index contributed by atoms with van der Waals surface area (Å²) in [6.45, 7) is 1.64. The first kappa shape index (κ1) is 12.1. The van der Waals surface area contributed by atoms with Gasteiger partial charge in [0.15, 0.2) is 0 Å². The molecule has 2 nitrogen and oxygen atoms in total. The lowest BCUT2D eigenvalue weighted by Crippen LogP contribution is -2.20. The molecule has 0 fully saturated rings. The molecule has 0 spiro atoms. The first-order chi connectivity index (χ1) is 6.27. The molecule has 0 atom stereocenters. The maximum atomic E-state index is 11.7. The molecule has 1 rings (SSSR count). The first-order valence-corrected chi connectivity index (χ1v) is 6.25. The van der Waals surface area contributed by atoms with Crippen LogP contribution in [0.15, 0.2) is 29.2 Å². The summed E-state index contributed by atoms with van der Waals surface area (Å²) in [5.41, 5.74) is 0.554. The van der Waals surface area contributed by atoms with E-state index >= 15 is 0 Å². The van der Waals surface area contributed by atoms with Crippen molar-refractivity contribution in [3.63, 3.8) is 0 Å². The molecule has 0 aromatic heterocycles. The molecule has 6 heteroatoms. The smallest absolute Gasteiger partial charge is 0.219 e. The van der Waals surface area contributed by atoms with Crippen LogP contribution in [0.3, 0.4) is 0 Å². The molecule has 1 aromatic rings. The zero-order valence-electron chi connectivity index (χ0n) is 7.17. The van der Waals surface area contributed by atoms with Crippen LogP contribution in [0.5, 0.6) is 0 Å². The van der Waals surface area contributed by atoms with Crippen molar-refractivity contribution < 1.29 is 8.42 Å². The van der Waals surface area contributed by atoms with Crippen LogP contribution >= 0.6 is 34.8 Å². The summed E-state index contributed by atoms with van der Waals surface area (Å²) in [4.78, 5) is 0.0417. The number of alkyl halides is 3. The van der Waals surface area contributed by atoms with Crippen molar-refractivity contribution in [3.8, 4) is 0 Å². The van der Waals surface area contributed by atoms with Gasteiger partial charge >= 0.3 is 0 Å². The molecule has 0 aliphatic rings. The van der Waals surface area contributed by atoms with Crippen molar-refractivity contribution in [2.24, 2.45) is 0 Å². The average Bonchev–Trinajstić information content (AvgIpc) is 2.02. The van der Waals surface area contributed by atoms with Gasteiger partial charge in [0.1, 0.15) is 0 Å². The Bertz CT molecular complexity index is 434. The topological polar surface area (TPSA) is 34.1 Å². The minimum Gasteiger partial charge on any atom is -0.219 e. The first-order valence-electron chi connectivity index (χ1n) is 3.64. The van der Waals surface area contributed by atoms with Gasteiger partial charge in [-0.1, -0.05) is 53.0 Å². The van der Waals surface area contributed by atoms with Crippen LogP contribution in [0.4, 0.5) is 0 Å². The van der Waals surface area contributed by atoms with Crippen molar-refractivity contribution >= 4 is 44.6 Å².